The molecule has 0 saturated carbocycles. The fraction of sp³-hybridized carbons (Fsp3) is 0.125. The quantitative estimate of drug-likeness (QED) is 0.781. The van der Waals surface area contributed by atoms with Crippen LogP contribution in [0.1, 0.15) is 18.5 Å². The molecule has 0 saturated heterocycles. The maximum Gasteiger partial charge on any atom is 0.141 e. The smallest absolute Gasteiger partial charge is 0.141 e. The van der Waals surface area contributed by atoms with E-state index in [-0.39, 0.29) is 11.9 Å². The van der Waals surface area contributed by atoms with Gasteiger partial charge in [-0.05, 0) is 42.8 Å². The highest BCUT2D eigenvalue weighted by molar-refractivity contribution is 5.91. The van der Waals surface area contributed by atoms with Crippen LogP contribution in [0.25, 0.3) is 10.9 Å². The number of hydrogen-bond acceptors (Lipinski definition) is 3. The van der Waals surface area contributed by atoms with Crippen molar-refractivity contribution in [3.05, 3.63) is 66.4 Å². The maximum atomic E-state index is 13.2. The molecule has 0 bridgehead atoms. The van der Waals surface area contributed by atoms with Gasteiger partial charge >= 0.3 is 0 Å². The van der Waals surface area contributed by atoms with E-state index < -0.39 is 0 Å². The van der Waals surface area contributed by atoms with E-state index in [0.717, 1.165) is 22.2 Å². The monoisotopic (exact) mass is 267 g/mol. The topological polar surface area (TPSA) is 37.8 Å². The first-order valence-corrected chi connectivity index (χ1v) is 6.45. The number of nitrogens with one attached hydrogen (secondary N) is 1. The number of fused-ring (bicyclic) bond motifs is 1. The normalized spacial score (nSPS) is 12.3. The van der Waals surface area contributed by atoms with E-state index in [1.807, 2.05) is 37.3 Å². The van der Waals surface area contributed by atoms with Crippen LogP contribution in [0.5, 0.6) is 0 Å². The molecule has 0 amide bonds. The van der Waals surface area contributed by atoms with E-state index in [9.17, 15) is 4.39 Å². The van der Waals surface area contributed by atoms with Crippen molar-refractivity contribution in [2.45, 2.75) is 13.0 Å². The van der Waals surface area contributed by atoms with Crippen LogP contribution in [0.15, 0.2) is 55.0 Å². The lowest BCUT2D eigenvalue weighted by Gasteiger charge is -2.16. The first-order valence-electron chi connectivity index (χ1n) is 6.45. The van der Waals surface area contributed by atoms with E-state index in [2.05, 4.69) is 15.3 Å². The molecule has 0 aliphatic rings. The van der Waals surface area contributed by atoms with Crippen molar-refractivity contribution in [3.63, 3.8) is 0 Å². The standard InChI is InChI=1S/C16H14FN3/c1-11(12-8-13(17)10-18-9-12)20-16-6-2-5-15-14(16)4-3-7-19-15/h2-11,20H,1H3. The van der Waals surface area contributed by atoms with Gasteiger partial charge in [0, 0.05) is 23.5 Å². The Hall–Kier alpha value is -2.49. The highest BCUT2D eigenvalue weighted by Gasteiger charge is 2.09. The molecule has 2 heterocycles. The van der Waals surface area contributed by atoms with Gasteiger partial charge in [0.25, 0.3) is 0 Å². The summed E-state index contributed by atoms with van der Waals surface area (Å²) in [6.07, 6.45) is 4.65. The predicted octanol–water partition coefficient (Wildman–Crippen LogP) is 3.94. The van der Waals surface area contributed by atoms with Gasteiger partial charge in [-0.25, -0.2) is 4.39 Å². The van der Waals surface area contributed by atoms with E-state index in [4.69, 9.17) is 0 Å². The zero-order valence-corrected chi connectivity index (χ0v) is 11.0. The third kappa shape index (κ3) is 2.45. The second-order valence-corrected chi connectivity index (χ2v) is 4.68. The van der Waals surface area contributed by atoms with Gasteiger partial charge in [0.05, 0.1) is 17.8 Å². The fourth-order valence-electron chi connectivity index (χ4n) is 2.21. The van der Waals surface area contributed by atoms with E-state index in [1.54, 1.807) is 12.4 Å². The molecule has 1 unspecified atom stereocenters. The minimum atomic E-state index is -0.323. The first-order chi connectivity index (χ1) is 9.74. The van der Waals surface area contributed by atoms with Crippen molar-refractivity contribution in [3.8, 4) is 0 Å². The summed E-state index contributed by atoms with van der Waals surface area (Å²) >= 11 is 0. The van der Waals surface area contributed by atoms with E-state index in [0.29, 0.717) is 0 Å². The Morgan fingerprint density at radius 3 is 2.90 bits per heavy atom. The molecule has 3 aromatic rings. The van der Waals surface area contributed by atoms with Gasteiger partial charge in [-0.1, -0.05) is 6.07 Å². The number of halogens is 1. The molecule has 3 rings (SSSR count). The minimum absolute atomic E-state index is 0.0380. The summed E-state index contributed by atoms with van der Waals surface area (Å²) in [4.78, 5) is 8.21. The number of aromatic nitrogens is 2. The summed E-state index contributed by atoms with van der Waals surface area (Å²) in [6.45, 7) is 1.98. The number of anilines is 1. The van der Waals surface area contributed by atoms with Gasteiger partial charge in [-0.15, -0.1) is 0 Å². The van der Waals surface area contributed by atoms with E-state index >= 15 is 0 Å². The van der Waals surface area contributed by atoms with Crippen LogP contribution >= 0.6 is 0 Å². The van der Waals surface area contributed by atoms with Crippen LogP contribution in [0.2, 0.25) is 0 Å². The fourth-order valence-corrected chi connectivity index (χ4v) is 2.21. The number of rotatable bonds is 3. The van der Waals surface area contributed by atoms with Crippen LogP contribution in [0.3, 0.4) is 0 Å². The van der Waals surface area contributed by atoms with Crippen LogP contribution in [0, 0.1) is 5.82 Å². The third-order valence-corrected chi connectivity index (χ3v) is 3.24. The summed E-state index contributed by atoms with van der Waals surface area (Å²) in [5, 5.41) is 4.43. The van der Waals surface area contributed by atoms with Gasteiger partial charge in [-0.3, -0.25) is 9.97 Å². The molecule has 2 aromatic heterocycles. The van der Waals surface area contributed by atoms with Crippen molar-refractivity contribution in [1.29, 1.82) is 0 Å². The summed E-state index contributed by atoms with van der Waals surface area (Å²) in [5.74, 6) is -0.323. The van der Waals surface area contributed by atoms with Crippen molar-refractivity contribution in [2.24, 2.45) is 0 Å². The number of nitrogens with zero attached hydrogens (tertiary/aromatic N) is 2. The zero-order valence-electron chi connectivity index (χ0n) is 11.0. The first kappa shape index (κ1) is 12.5. The second-order valence-electron chi connectivity index (χ2n) is 4.68. The Morgan fingerprint density at radius 1 is 1.15 bits per heavy atom. The molecule has 0 aliphatic heterocycles. The molecule has 1 atom stereocenters. The Bertz CT molecular complexity index is 737. The maximum absolute atomic E-state index is 13.2. The highest BCUT2D eigenvalue weighted by atomic mass is 19.1. The van der Waals surface area contributed by atoms with Crippen molar-refractivity contribution in [1.82, 2.24) is 9.97 Å². The SMILES string of the molecule is CC(Nc1cccc2ncccc12)c1cncc(F)c1. The summed E-state index contributed by atoms with van der Waals surface area (Å²) in [5.41, 5.74) is 2.72. The lowest BCUT2D eigenvalue weighted by molar-refractivity contribution is 0.616. The molecule has 100 valence electrons. The van der Waals surface area contributed by atoms with Crippen LogP contribution in [0.4, 0.5) is 10.1 Å². The van der Waals surface area contributed by atoms with Crippen LogP contribution < -0.4 is 5.32 Å². The summed E-state index contributed by atoms with van der Waals surface area (Å²) in [7, 11) is 0. The molecule has 0 aliphatic carbocycles. The molecule has 3 nitrogen and oxygen atoms in total. The van der Waals surface area contributed by atoms with Gasteiger partial charge in [-0.2, -0.15) is 0 Å². The lowest BCUT2D eigenvalue weighted by Crippen LogP contribution is -2.07. The largest absolute Gasteiger partial charge is 0.378 e. The molecule has 0 spiro atoms. The second kappa shape index (κ2) is 5.25. The van der Waals surface area contributed by atoms with Gasteiger partial charge in [0.1, 0.15) is 5.82 Å². The number of hydrogen-bond donors (Lipinski definition) is 1. The number of benzene rings is 1. The summed E-state index contributed by atoms with van der Waals surface area (Å²) in [6, 6.07) is 11.3. The molecule has 1 N–H and O–H groups in total. The molecular formula is C16H14FN3. The van der Waals surface area contributed by atoms with Crippen LogP contribution in [-0.4, -0.2) is 9.97 Å². The predicted molar refractivity (Wildman–Crippen MR) is 78.0 cm³/mol. The zero-order chi connectivity index (χ0) is 13.9. The van der Waals surface area contributed by atoms with Crippen LogP contribution in [-0.2, 0) is 0 Å². The average Bonchev–Trinajstić information content (AvgIpc) is 2.47. The average molecular weight is 267 g/mol. The Balaban J connectivity index is 1.93. The Labute approximate surface area is 116 Å². The third-order valence-electron chi connectivity index (χ3n) is 3.24. The van der Waals surface area contributed by atoms with Gasteiger partial charge in [0.2, 0.25) is 0 Å². The van der Waals surface area contributed by atoms with Crippen molar-refractivity contribution < 1.29 is 4.39 Å². The van der Waals surface area contributed by atoms with Crippen molar-refractivity contribution in [2.75, 3.05) is 5.32 Å². The van der Waals surface area contributed by atoms with E-state index in [1.165, 1.54) is 12.3 Å². The lowest BCUT2D eigenvalue weighted by atomic mass is 10.1. The molecular weight excluding hydrogens is 253 g/mol. The Morgan fingerprint density at radius 2 is 2.05 bits per heavy atom. The summed E-state index contributed by atoms with van der Waals surface area (Å²) < 4.78 is 13.2. The van der Waals surface area contributed by atoms with Gasteiger partial charge < -0.3 is 5.32 Å². The number of pyridine rings is 2. The molecule has 4 heteroatoms. The molecule has 0 radical (unpaired) electrons. The van der Waals surface area contributed by atoms with Gasteiger partial charge in [0.15, 0.2) is 0 Å². The minimum Gasteiger partial charge on any atom is -0.378 e. The highest BCUT2D eigenvalue weighted by Crippen LogP contribution is 2.25. The Kier molecular flexibility index (Phi) is 3.29. The van der Waals surface area contributed by atoms with Crippen molar-refractivity contribution >= 4 is 16.6 Å². The molecule has 0 fully saturated rings. The molecule has 1 aromatic carbocycles. The molecule has 20 heavy (non-hydrogen) atoms.